The zero-order valence-electron chi connectivity index (χ0n) is 13.1. The maximum absolute atomic E-state index is 8.90. The average Bonchev–Trinajstić information content (AvgIpc) is 2.47. The average molecular weight is 287 g/mol. The van der Waals surface area contributed by atoms with Crippen molar-refractivity contribution in [2.24, 2.45) is 5.92 Å². The highest BCUT2D eigenvalue weighted by Crippen LogP contribution is 2.28. The first kappa shape index (κ1) is 15.9. The maximum atomic E-state index is 8.90. The fraction of sp³-hybridized carbons (Fsp3) is 0.556. The van der Waals surface area contributed by atoms with E-state index >= 15 is 0 Å². The highest BCUT2D eigenvalue weighted by atomic mass is 16.5. The van der Waals surface area contributed by atoms with Crippen LogP contribution in [0.2, 0.25) is 0 Å². The lowest BCUT2D eigenvalue weighted by atomic mass is 9.85. The molecule has 1 aliphatic rings. The van der Waals surface area contributed by atoms with Crippen LogP contribution in [-0.4, -0.2) is 36.8 Å². The van der Waals surface area contributed by atoms with Crippen LogP contribution in [0.1, 0.15) is 37.3 Å². The van der Waals surface area contributed by atoms with Crippen molar-refractivity contribution in [1.29, 1.82) is 0 Å². The molecule has 0 spiro atoms. The maximum Gasteiger partial charge on any atom is 0.119 e. The molecule has 0 aromatic heterocycles. The van der Waals surface area contributed by atoms with E-state index in [1.165, 1.54) is 31.4 Å². The molecule has 3 heteroatoms. The Morgan fingerprint density at radius 3 is 2.76 bits per heavy atom. The largest absolute Gasteiger partial charge is 0.497 e. The summed E-state index contributed by atoms with van der Waals surface area (Å²) < 4.78 is 5.33. The van der Waals surface area contributed by atoms with Crippen LogP contribution in [-0.2, 0) is 6.54 Å². The molecule has 21 heavy (non-hydrogen) atoms. The molecule has 3 nitrogen and oxygen atoms in total. The zero-order valence-corrected chi connectivity index (χ0v) is 13.1. The Balaban J connectivity index is 2.13. The highest BCUT2D eigenvalue weighted by molar-refractivity contribution is 5.45. The van der Waals surface area contributed by atoms with Crippen molar-refractivity contribution in [2.45, 2.75) is 32.7 Å². The molecule has 1 aromatic carbocycles. The van der Waals surface area contributed by atoms with Crippen molar-refractivity contribution in [2.75, 3.05) is 26.8 Å². The molecule has 0 atom stereocenters. The molecule has 1 aromatic rings. The number of nitrogens with zero attached hydrogens (tertiary/aromatic N) is 1. The lowest BCUT2D eigenvalue weighted by molar-refractivity contribution is 0.178. The molecule has 1 fully saturated rings. The van der Waals surface area contributed by atoms with Crippen LogP contribution in [0.15, 0.2) is 18.2 Å². The summed E-state index contributed by atoms with van der Waals surface area (Å²) in [5.74, 6) is 7.51. The van der Waals surface area contributed by atoms with Gasteiger partial charge in [-0.05, 0) is 49.1 Å². The monoisotopic (exact) mass is 287 g/mol. The van der Waals surface area contributed by atoms with E-state index in [1.807, 2.05) is 12.1 Å². The van der Waals surface area contributed by atoms with E-state index in [4.69, 9.17) is 9.84 Å². The highest BCUT2D eigenvalue weighted by Gasteiger charge is 2.20. The lowest BCUT2D eigenvalue weighted by Crippen LogP contribution is -2.32. The van der Waals surface area contributed by atoms with Crippen molar-refractivity contribution < 1.29 is 9.84 Å². The van der Waals surface area contributed by atoms with Crippen molar-refractivity contribution in [3.63, 3.8) is 0 Å². The van der Waals surface area contributed by atoms with E-state index in [0.717, 1.165) is 30.3 Å². The lowest BCUT2D eigenvalue weighted by Gasteiger charge is -2.32. The second-order valence-electron chi connectivity index (χ2n) is 5.61. The van der Waals surface area contributed by atoms with Crippen LogP contribution >= 0.6 is 0 Å². The SMILES string of the molecule is CCN(Cc1cc(OC)ccc1C#CCO)CC1CCC1. The van der Waals surface area contributed by atoms with Crippen LogP contribution in [0.4, 0.5) is 0 Å². The molecule has 0 radical (unpaired) electrons. The summed E-state index contributed by atoms with van der Waals surface area (Å²) in [6, 6.07) is 5.96. The molecule has 1 saturated carbocycles. The topological polar surface area (TPSA) is 32.7 Å². The number of hydrogen-bond acceptors (Lipinski definition) is 3. The molecule has 0 saturated heterocycles. The summed E-state index contributed by atoms with van der Waals surface area (Å²) in [6.07, 6.45) is 4.12. The van der Waals surface area contributed by atoms with Gasteiger partial charge in [-0.3, -0.25) is 4.90 Å². The number of rotatable bonds is 6. The first-order valence-electron chi connectivity index (χ1n) is 7.75. The standard InChI is InChI=1S/C18H25NO2/c1-3-19(13-15-6-4-7-15)14-17-12-18(21-2)10-9-16(17)8-5-11-20/h9-10,12,15,20H,3-4,6-7,11,13-14H2,1-2H3. The van der Waals surface area contributed by atoms with Crippen LogP contribution in [0.5, 0.6) is 5.75 Å². The zero-order chi connectivity index (χ0) is 15.1. The van der Waals surface area contributed by atoms with Gasteiger partial charge >= 0.3 is 0 Å². The van der Waals surface area contributed by atoms with Crippen LogP contribution in [0, 0.1) is 17.8 Å². The molecule has 1 aliphatic carbocycles. The Hall–Kier alpha value is -1.50. The molecule has 114 valence electrons. The molecule has 0 unspecified atom stereocenters. The number of aliphatic hydroxyl groups is 1. The van der Waals surface area contributed by atoms with Gasteiger partial charge in [0, 0.05) is 18.7 Å². The Labute approximate surface area is 127 Å². The number of hydrogen-bond donors (Lipinski definition) is 1. The van der Waals surface area contributed by atoms with E-state index in [0.29, 0.717) is 0 Å². The Kier molecular flexibility index (Phi) is 6.10. The van der Waals surface area contributed by atoms with Crippen molar-refractivity contribution >= 4 is 0 Å². The first-order valence-corrected chi connectivity index (χ1v) is 7.75. The number of methoxy groups -OCH3 is 1. The van der Waals surface area contributed by atoms with E-state index in [9.17, 15) is 0 Å². The van der Waals surface area contributed by atoms with Gasteiger partial charge in [-0.15, -0.1) is 0 Å². The van der Waals surface area contributed by atoms with Gasteiger partial charge in [0.25, 0.3) is 0 Å². The predicted octanol–water partition coefficient (Wildman–Crippen LogP) is 2.66. The summed E-state index contributed by atoms with van der Waals surface area (Å²) in [7, 11) is 1.68. The third kappa shape index (κ3) is 4.49. The molecule has 0 aliphatic heterocycles. The third-order valence-electron chi connectivity index (χ3n) is 4.20. The fourth-order valence-electron chi connectivity index (χ4n) is 2.67. The van der Waals surface area contributed by atoms with E-state index in [1.54, 1.807) is 7.11 Å². The first-order chi connectivity index (χ1) is 10.3. The summed E-state index contributed by atoms with van der Waals surface area (Å²) in [5.41, 5.74) is 2.16. The Morgan fingerprint density at radius 2 is 2.19 bits per heavy atom. The predicted molar refractivity (Wildman–Crippen MR) is 85.2 cm³/mol. The third-order valence-corrected chi connectivity index (χ3v) is 4.20. The van der Waals surface area contributed by atoms with Gasteiger partial charge in [0.05, 0.1) is 7.11 Å². The number of aliphatic hydroxyl groups excluding tert-OH is 1. The van der Waals surface area contributed by atoms with E-state index in [-0.39, 0.29) is 6.61 Å². The van der Waals surface area contributed by atoms with Gasteiger partial charge in [-0.2, -0.15) is 0 Å². The molecule has 1 N–H and O–H groups in total. The summed E-state index contributed by atoms with van der Waals surface area (Å²) in [6.45, 7) is 5.20. The van der Waals surface area contributed by atoms with Crippen molar-refractivity contribution in [3.8, 4) is 17.6 Å². The minimum atomic E-state index is -0.106. The van der Waals surface area contributed by atoms with Crippen LogP contribution < -0.4 is 4.74 Å². The minimum Gasteiger partial charge on any atom is -0.497 e. The van der Waals surface area contributed by atoms with Crippen molar-refractivity contribution in [1.82, 2.24) is 4.90 Å². The molecular weight excluding hydrogens is 262 g/mol. The van der Waals surface area contributed by atoms with Gasteiger partial charge in [-0.25, -0.2) is 0 Å². The molecule has 0 heterocycles. The Morgan fingerprint density at radius 1 is 1.38 bits per heavy atom. The Bertz CT molecular complexity index is 512. The van der Waals surface area contributed by atoms with Gasteiger partial charge in [0.15, 0.2) is 0 Å². The molecule has 2 rings (SSSR count). The molecule has 0 bridgehead atoms. The quantitative estimate of drug-likeness (QED) is 0.817. The van der Waals surface area contributed by atoms with Crippen LogP contribution in [0.3, 0.4) is 0 Å². The second kappa shape index (κ2) is 8.07. The summed E-state index contributed by atoms with van der Waals surface area (Å²) in [5, 5.41) is 8.90. The number of ether oxygens (including phenoxy) is 1. The number of benzene rings is 1. The summed E-state index contributed by atoms with van der Waals surface area (Å²) >= 11 is 0. The van der Waals surface area contributed by atoms with Gasteiger partial charge in [-0.1, -0.05) is 25.2 Å². The van der Waals surface area contributed by atoms with Gasteiger partial charge in [0.2, 0.25) is 0 Å². The smallest absolute Gasteiger partial charge is 0.119 e. The van der Waals surface area contributed by atoms with Gasteiger partial charge < -0.3 is 9.84 Å². The second-order valence-corrected chi connectivity index (χ2v) is 5.61. The van der Waals surface area contributed by atoms with Crippen LogP contribution in [0.25, 0.3) is 0 Å². The minimum absolute atomic E-state index is 0.106. The van der Waals surface area contributed by atoms with E-state index in [2.05, 4.69) is 29.7 Å². The molecular formula is C18H25NO2. The molecule has 0 amide bonds. The van der Waals surface area contributed by atoms with E-state index < -0.39 is 0 Å². The van der Waals surface area contributed by atoms with Gasteiger partial charge in [0.1, 0.15) is 12.4 Å². The van der Waals surface area contributed by atoms with Crippen molar-refractivity contribution in [3.05, 3.63) is 29.3 Å². The summed E-state index contributed by atoms with van der Waals surface area (Å²) in [4.78, 5) is 2.47. The normalized spacial score (nSPS) is 14.5. The fourth-order valence-corrected chi connectivity index (χ4v) is 2.67.